The van der Waals surface area contributed by atoms with Gasteiger partial charge in [0.1, 0.15) is 5.75 Å². The van der Waals surface area contributed by atoms with Crippen molar-refractivity contribution >= 4 is 28.7 Å². The fraction of sp³-hybridized carbons (Fsp3) is 0.214. The third-order valence-electron chi connectivity index (χ3n) is 6.64. The van der Waals surface area contributed by atoms with E-state index in [4.69, 9.17) is 12.2 Å². The first kappa shape index (κ1) is 22.9. The number of hydrogen-bond donors (Lipinski definition) is 2. The SMILES string of the molecule is Cc1cc(C2C(c3ccccn3)NC(=S)N2c2ccc(N(C)C)cc2)c(C)n1-c1ccc(O)cc1. The van der Waals surface area contributed by atoms with Crippen molar-refractivity contribution in [3.8, 4) is 11.4 Å². The van der Waals surface area contributed by atoms with E-state index in [1.54, 1.807) is 12.1 Å². The summed E-state index contributed by atoms with van der Waals surface area (Å²) in [6, 6.07) is 23.8. The molecule has 0 aliphatic carbocycles. The Labute approximate surface area is 211 Å². The van der Waals surface area contributed by atoms with Gasteiger partial charge in [-0.15, -0.1) is 0 Å². The Bertz CT molecular complexity index is 1350. The molecule has 1 fully saturated rings. The van der Waals surface area contributed by atoms with Crippen molar-refractivity contribution in [2.45, 2.75) is 25.9 Å². The topological polar surface area (TPSA) is 56.6 Å². The molecule has 3 heterocycles. The van der Waals surface area contributed by atoms with Crippen molar-refractivity contribution in [3.63, 3.8) is 0 Å². The molecule has 7 heteroatoms. The van der Waals surface area contributed by atoms with E-state index in [9.17, 15) is 5.11 Å². The Morgan fingerprint density at radius 2 is 1.63 bits per heavy atom. The van der Waals surface area contributed by atoms with Crippen LogP contribution in [0.2, 0.25) is 0 Å². The van der Waals surface area contributed by atoms with Crippen molar-refractivity contribution in [3.05, 3.63) is 102 Å². The highest BCUT2D eigenvalue weighted by molar-refractivity contribution is 7.80. The predicted octanol–water partition coefficient (Wildman–Crippen LogP) is 5.44. The molecule has 0 radical (unpaired) electrons. The number of benzene rings is 2. The maximum absolute atomic E-state index is 9.78. The van der Waals surface area contributed by atoms with Gasteiger partial charge >= 0.3 is 0 Å². The molecule has 2 unspecified atom stereocenters. The van der Waals surface area contributed by atoms with Gasteiger partial charge in [0, 0.05) is 48.7 Å². The highest BCUT2D eigenvalue weighted by Gasteiger charge is 2.42. The molecule has 35 heavy (non-hydrogen) atoms. The number of hydrogen-bond acceptors (Lipinski definition) is 4. The highest BCUT2D eigenvalue weighted by atomic mass is 32.1. The van der Waals surface area contributed by atoms with Gasteiger partial charge in [0.25, 0.3) is 0 Å². The van der Waals surface area contributed by atoms with Crippen LogP contribution in [0.25, 0.3) is 5.69 Å². The quantitative estimate of drug-likeness (QED) is 0.369. The van der Waals surface area contributed by atoms with E-state index in [1.807, 2.05) is 50.6 Å². The summed E-state index contributed by atoms with van der Waals surface area (Å²) in [6.45, 7) is 4.25. The third-order valence-corrected chi connectivity index (χ3v) is 6.95. The summed E-state index contributed by atoms with van der Waals surface area (Å²) in [5.74, 6) is 0.254. The number of anilines is 2. The van der Waals surface area contributed by atoms with E-state index in [0.717, 1.165) is 34.1 Å². The fourth-order valence-corrected chi connectivity index (χ4v) is 5.29. The molecule has 1 aliphatic heterocycles. The molecule has 4 aromatic rings. The van der Waals surface area contributed by atoms with Gasteiger partial charge < -0.3 is 24.8 Å². The minimum Gasteiger partial charge on any atom is -0.508 e. The molecule has 2 aromatic carbocycles. The van der Waals surface area contributed by atoms with Crippen LogP contribution in [0.1, 0.15) is 34.7 Å². The number of phenols is 1. The molecule has 5 rings (SSSR count). The number of aromatic hydroxyl groups is 1. The Morgan fingerprint density at radius 3 is 2.26 bits per heavy atom. The fourth-order valence-electron chi connectivity index (χ4n) is 4.95. The molecule has 0 spiro atoms. The lowest BCUT2D eigenvalue weighted by molar-refractivity contribution is 0.475. The van der Waals surface area contributed by atoms with E-state index in [2.05, 4.69) is 68.8 Å². The van der Waals surface area contributed by atoms with Gasteiger partial charge in [-0.05, 0) is 98.4 Å². The second-order valence-corrected chi connectivity index (χ2v) is 9.47. The molecule has 1 saturated heterocycles. The predicted molar refractivity (Wildman–Crippen MR) is 146 cm³/mol. The first-order valence-electron chi connectivity index (χ1n) is 11.6. The maximum atomic E-state index is 9.78. The molecule has 0 saturated carbocycles. The normalized spacial score (nSPS) is 17.5. The van der Waals surface area contributed by atoms with E-state index in [1.165, 1.54) is 5.56 Å². The number of aromatic nitrogens is 2. The lowest BCUT2D eigenvalue weighted by Crippen LogP contribution is -2.29. The van der Waals surface area contributed by atoms with Gasteiger partial charge in [-0.3, -0.25) is 4.98 Å². The van der Waals surface area contributed by atoms with Gasteiger partial charge in [-0.2, -0.15) is 0 Å². The van der Waals surface area contributed by atoms with Crippen molar-refractivity contribution in [1.29, 1.82) is 0 Å². The zero-order chi connectivity index (χ0) is 24.7. The van der Waals surface area contributed by atoms with Crippen molar-refractivity contribution in [1.82, 2.24) is 14.9 Å². The van der Waals surface area contributed by atoms with E-state index < -0.39 is 0 Å². The second-order valence-electron chi connectivity index (χ2n) is 9.09. The van der Waals surface area contributed by atoms with Crippen molar-refractivity contribution in [2.24, 2.45) is 0 Å². The van der Waals surface area contributed by atoms with Gasteiger partial charge in [-0.25, -0.2) is 0 Å². The lowest BCUT2D eigenvalue weighted by atomic mass is 9.96. The van der Waals surface area contributed by atoms with Gasteiger partial charge in [-0.1, -0.05) is 6.07 Å². The smallest absolute Gasteiger partial charge is 0.174 e. The number of aryl methyl sites for hydroxylation is 1. The van der Waals surface area contributed by atoms with Crippen molar-refractivity contribution < 1.29 is 5.11 Å². The molecular formula is C28H29N5OS. The van der Waals surface area contributed by atoms with Crippen LogP contribution in [0.3, 0.4) is 0 Å². The van der Waals surface area contributed by atoms with Crippen LogP contribution in [0.15, 0.2) is 79.0 Å². The Morgan fingerprint density at radius 1 is 0.943 bits per heavy atom. The van der Waals surface area contributed by atoms with Gasteiger partial charge in [0.2, 0.25) is 0 Å². The first-order valence-corrected chi connectivity index (χ1v) is 12.0. The average Bonchev–Trinajstić information content (AvgIpc) is 3.35. The summed E-state index contributed by atoms with van der Waals surface area (Å²) in [5, 5.41) is 14.0. The van der Waals surface area contributed by atoms with E-state index in [-0.39, 0.29) is 17.8 Å². The van der Waals surface area contributed by atoms with Crippen LogP contribution in [0.5, 0.6) is 5.75 Å². The molecular weight excluding hydrogens is 454 g/mol. The Hall–Kier alpha value is -3.84. The molecule has 2 atom stereocenters. The third kappa shape index (κ3) is 4.12. The maximum Gasteiger partial charge on any atom is 0.174 e. The van der Waals surface area contributed by atoms with Crippen LogP contribution in [0.4, 0.5) is 11.4 Å². The number of nitrogens with one attached hydrogen (secondary N) is 1. The summed E-state index contributed by atoms with van der Waals surface area (Å²) in [5.41, 5.74) is 7.54. The summed E-state index contributed by atoms with van der Waals surface area (Å²) >= 11 is 5.89. The van der Waals surface area contributed by atoms with Gasteiger partial charge in [0.15, 0.2) is 5.11 Å². The van der Waals surface area contributed by atoms with Crippen molar-refractivity contribution in [2.75, 3.05) is 23.9 Å². The summed E-state index contributed by atoms with van der Waals surface area (Å²) in [4.78, 5) is 8.97. The second kappa shape index (κ2) is 9.07. The number of nitrogens with zero attached hydrogens (tertiary/aromatic N) is 4. The van der Waals surface area contributed by atoms with E-state index in [0.29, 0.717) is 5.11 Å². The largest absolute Gasteiger partial charge is 0.508 e. The minimum absolute atomic E-state index is 0.0836. The molecule has 6 nitrogen and oxygen atoms in total. The number of thiocarbonyl (C=S) groups is 1. The van der Waals surface area contributed by atoms with Gasteiger partial charge in [0.05, 0.1) is 17.8 Å². The molecule has 2 aromatic heterocycles. The van der Waals surface area contributed by atoms with Crippen LogP contribution >= 0.6 is 12.2 Å². The van der Waals surface area contributed by atoms with Crippen LogP contribution < -0.4 is 15.1 Å². The zero-order valence-electron chi connectivity index (χ0n) is 20.3. The molecule has 1 aliphatic rings. The van der Waals surface area contributed by atoms with Crippen LogP contribution in [0, 0.1) is 13.8 Å². The first-order chi connectivity index (χ1) is 16.8. The summed E-state index contributed by atoms with van der Waals surface area (Å²) in [6.07, 6.45) is 1.82. The number of pyridine rings is 1. The molecule has 2 N–H and O–H groups in total. The average molecular weight is 484 g/mol. The highest BCUT2D eigenvalue weighted by Crippen LogP contribution is 2.44. The lowest BCUT2D eigenvalue weighted by Gasteiger charge is -2.28. The minimum atomic E-state index is -0.106. The van der Waals surface area contributed by atoms with Crippen LogP contribution in [-0.2, 0) is 0 Å². The van der Waals surface area contributed by atoms with Crippen LogP contribution in [-0.4, -0.2) is 33.9 Å². The number of phenolic OH excluding ortho intramolecular Hbond substituents is 1. The molecule has 0 bridgehead atoms. The van der Waals surface area contributed by atoms with E-state index >= 15 is 0 Å². The molecule has 0 amide bonds. The molecule has 178 valence electrons. The standard InChI is InChI=1S/C28H29N5OS/c1-18-17-24(19(2)32(18)21-12-14-23(34)15-13-21)27-26(25-7-5-6-16-29-25)30-28(35)33(27)22-10-8-20(9-11-22)31(3)4/h5-17,26-27,34H,1-4H3,(H,30,35). The zero-order valence-corrected chi connectivity index (χ0v) is 21.1. The monoisotopic (exact) mass is 483 g/mol. The summed E-state index contributed by atoms with van der Waals surface area (Å²) in [7, 11) is 4.07. The Kier molecular flexibility index (Phi) is 5.94. The number of rotatable bonds is 5. The Balaban J connectivity index is 1.65. The summed E-state index contributed by atoms with van der Waals surface area (Å²) < 4.78 is 2.22.